The Hall–Kier alpha value is 1.18. The van der Waals surface area contributed by atoms with Crippen molar-refractivity contribution in [2.75, 3.05) is 19.1 Å². The summed E-state index contributed by atoms with van der Waals surface area (Å²) in [4.78, 5) is 10.9. The Morgan fingerprint density at radius 3 is 2.27 bits per heavy atom. The van der Waals surface area contributed by atoms with Crippen LogP contribution in [-0.2, 0) is 14.3 Å². The average Bonchev–Trinajstić information content (AvgIpc) is 2.05. The number of rotatable bonds is 6. The van der Waals surface area contributed by atoms with Crippen LogP contribution in [0.5, 0.6) is 0 Å². The molecule has 0 aromatic heterocycles. The zero-order valence-corrected chi connectivity index (χ0v) is 13.3. The molecule has 0 aromatic rings. The van der Waals surface area contributed by atoms with Gasteiger partial charge in [-0.3, -0.25) is 4.79 Å². The summed E-state index contributed by atoms with van der Waals surface area (Å²) >= 11 is 5.39. The monoisotopic (exact) mass is 360 g/mol. The Labute approximate surface area is 128 Å². The van der Waals surface area contributed by atoms with Crippen molar-refractivity contribution in [1.29, 1.82) is 0 Å². The van der Waals surface area contributed by atoms with Crippen molar-refractivity contribution in [3.8, 4) is 0 Å². The fraction of sp³-hybridized carbons (Fsp3) is 0.875. The number of carbonyl (C=O) groups excluding carboxylic acids is 1. The number of alkyl halides is 1. The molecule has 0 bridgehead atoms. The summed E-state index contributed by atoms with van der Waals surface area (Å²) in [7, 11) is 0. The molecular weight excluding hydrogens is 347 g/mol. The second kappa shape index (κ2) is 11.7. The van der Waals surface area contributed by atoms with E-state index < -0.39 is 11.8 Å². The maximum atomic E-state index is 11.5. The predicted octanol–water partition coefficient (Wildman–Crippen LogP) is -3.11. The summed E-state index contributed by atoms with van der Waals surface area (Å²) in [6.45, 7) is 3.83. The van der Waals surface area contributed by atoms with Gasteiger partial charge in [0.25, 0.3) is 0 Å². The van der Waals surface area contributed by atoms with E-state index in [0.717, 1.165) is 0 Å². The van der Waals surface area contributed by atoms with Crippen LogP contribution in [0.25, 0.3) is 0 Å². The largest absolute Gasteiger partial charge is 2.00 e. The third-order valence-electron chi connectivity index (χ3n) is 1.33. The van der Waals surface area contributed by atoms with Crippen LogP contribution in [0.2, 0.25) is 0 Å². The van der Waals surface area contributed by atoms with Gasteiger partial charge in [0.1, 0.15) is 0 Å². The van der Waals surface area contributed by atoms with E-state index in [1.807, 2.05) is 0 Å². The summed E-state index contributed by atoms with van der Waals surface area (Å²) in [5.41, 5.74) is 0. The first-order valence-electron chi connectivity index (χ1n) is 4.14. The minimum Gasteiger partial charge on any atom is -1.00 e. The summed E-state index contributed by atoms with van der Waals surface area (Å²) in [5.74, 6) is -2.69. The molecular formula is C8H14ClIMgO4. The molecule has 0 rings (SSSR count). The van der Waals surface area contributed by atoms with Crippen molar-refractivity contribution < 1.29 is 43.4 Å². The Kier molecular flexibility index (Phi) is 16.7. The van der Waals surface area contributed by atoms with Gasteiger partial charge in [-0.15, -0.1) is 11.6 Å². The number of ether oxygens (including phenoxy) is 2. The number of esters is 1. The van der Waals surface area contributed by atoms with Gasteiger partial charge in [0.2, 0.25) is 0 Å². The quantitative estimate of drug-likeness (QED) is 0.165. The van der Waals surface area contributed by atoms with E-state index in [2.05, 4.69) is 4.74 Å². The molecule has 0 aliphatic carbocycles. The molecule has 1 atom stereocenters. The first-order valence-corrected chi connectivity index (χ1v) is 4.67. The molecule has 0 spiro atoms. The van der Waals surface area contributed by atoms with Crippen LogP contribution in [0.4, 0.5) is 0 Å². The molecule has 7 heteroatoms. The molecule has 0 saturated heterocycles. The van der Waals surface area contributed by atoms with Gasteiger partial charge in [-0.25, -0.2) is 0 Å². The van der Waals surface area contributed by atoms with Gasteiger partial charge >= 0.3 is 29.0 Å². The van der Waals surface area contributed by atoms with Gasteiger partial charge in [-0.1, -0.05) is 0 Å². The zero-order valence-electron chi connectivity index (χ0n) is 8.92. The second-order valence-electron chi connectivity index (χ2n) is 2.46. The molecule has 0 saturated carbocycles. The molecule has 0 aromatic carbocycles. The molecule has 0 aliphatic heterocycles. The van der Waals surface area contributed by atoms with Gasteiger partial charge < -0.3 is 38.6 Å². The molecule has 4 nitrogen and oxygen atoms in total. The summed E-state index contributed by atoms with van der Waals surface area (Å²) in [5, 5.41) is 11.5. The zero-order chi connectivity index (χ0) is 10.3. The first kappa shape index (κ1) is 21.5. The third kappa shape index (κ3) is 10.1. The van der Waals surface area contributed by atoms with E-state index in [9.17, 15) is 9.90 Å². The Morgan fingerprint density at radius 2 is 1.93 bits per heavy atom. The van der Waals surface area contributed by atoms with Crippen LogP contribution in [0.1, 0.15) is 20.3 Å². The van der Waals surface area contributed by atoms with E-state index in [1.165, 1.54) is 0 Å². The minimum atomic E-state index is -1.84. The van der Waals surface area contributed by atoms with E-state index in [-0.39, 0.29) is 72.5 Å². The van der Waals surface area contributed by atoms with Crippen LogP contribution < -0.4 is 29.1 Å². The first-order chi connectivity index (χ1) is 6.08. The van der Waals surface area contributed by atoms with Gasteiger partial charge in [0.05, 0.1) is 13.0 Å². The van der Waals surface area contributed by atoms with E-state index in [1.54, 1.807) is 13.8 Å². The smallest absolute Gasteiger partial charge is 1.00 e. The van der Waals surface area contributed by atoms with Crippen molar-refractivity contribution in [3.63, 3.8) is 0 Å². The number of hydrogen-bond acceptors (Lipinski definition) is 4. The molecule has 0 heterocycles. The van der Waals surface area contributed by atoms with E-state index in [4.69, 9.17) is 16.3 Å². The molecule has 1 unspecified atom stereocenters. The number of carbonyl (C=O) groups is 1. The molecule has 0 fully saturated rings. The fourth-order valence-electron chi connectivity index (χ4n) is 0.832. The van der Waals surface area contributed by atoms with Gasteiger partial charge in [-0.2, -0.15) is 0 Å². The third-order valence-corrected chi connectivity index (χ3v) is 1.74. The maximum absolute atomic E-state index is 11.5. The number of halogens is 2. The van der Waals surface area contributed by atoms with Crippen molar-refractivity contribution in [3.05, 3.63) is 0 Å². The summed E-state index contributed by atoms with van der Waals surface area (Å²) < 4.78 is 9.42. The van der Waals surface area contributed by atoms with Gasteiger partial charge in [0.15, 0.2) is 0 Å². The van der Waals surface area contributed by atoms with E-state index >= 15 is 0 Å². The van der Waals surface area contributed by atoms with Crippen LogP contribution in [0.3, 0.4) is 0 Å². The standard InChI is InChI=1S/C8H14ClO4.HI.Mg/c1-3-12-7(10)5-8(11,6-9)13-4-2;;/h3-6H2,1-2H3;1H;/q-1;;+2/p-1. The van der Waals surface area contributed by atoms with Crippen LogP contribution in [-0.4, -0.2) is 53.9 Å². The molecule has 15 heavy (non-hydrogen) atoms. The van der Waals surface area contributed by atoms with Crippen molar-refractivity contribution in [2.45, 2.75) is 26.1 Å². The molecule has 0 amide bonds. The van der Waals surface area contributed by atoms with Gasteiger partial charge in [0, 0.05) is 18.3 Å². The maximum Gasteiger partial charge on any atom is 2.00 e. The summed E-state index contributed by atoms with van der Waals surface area (Å²) in [6.07, 6.45) is -0.349. The van der Waals surface area contributed by atoms with Crippen molar-refractivity contribution in [1.82, 2.24) is 0 Å². The average molecular weight is 361 g/mol. The number of hydrogen-bond donors (Lipinski definition) is 0. The Balaban J connectivity index is -0.000000720. The van der Waals surface area contributed by atoms with Crippen molar-refractivity contribution in [2.24, 2.45) is 0 Å². The Morgan fingerprint density at radius 1 is 1.40 bits per heavy atom. The molecule has 0 N–H and O–H groups in total. The van der Waals surface area contributed by atoms with Crippen molar-refractivity contribution >= 4 is 40.6 Å². The minimum absolute atomic E-state index is 0. The normalized spacial score (nSPS) is 13.1. The Bertz CT molecular complexity index is 173. The summed E-state index contributed by atoms with van der Waals surface area (Å²) in [6, 6.07) is 0. The molecule has 86 valence electrons. The molecule has 0 radical (unpaired) electrons. The van der Waals surface area contributed by atoms with Crippen LogP contribution in [0.15, 0.2) is 0 Å². The SMILES string of the molecule is CCOC(=O)CC([O-])(CCl)OCC.[I-].[Mg+2]. The topological polar surface area (TPSA) is 58.6 Å². The second-order valence-corrected chi connectivity index (χ2v) is 2.73. The predicted molar refractivity (Wildman–Crippen MR) is 52.1 cm³/mol. The van der Waals surface area contributed by atoms with Gasteiger partial charge in [-0.05, 0) is 13.8 Å². The molecule has 0 aliphatic rings. The van der Waals surface area contributed by atoms with E-state index in [0.29, 0.717) is 0 Å². The fourth-order valence-corrected chi connectivity index (χ4v) is 1.00. The van der Waals surface area contributed by atoms with Crippen LogP contribution in [0, 0.1) is 0 Å². The van der Waals surface area contributed by atoms with Crippen LogP contribution >= 0.6 is 11.6 Å².